The predicted octanol–water partition coefficient (Wildman–Crippen LogP) is 4.15. The molecule has 0 unspecified atom stereocenters. The van der Waals surface area contributed by atoms with Crippen LogP contribution in [0.5, 0.6) is 5.75 Å². The number of anilines is 2. The predicted molar refractivity (Wildman–Crippen MR) is 93.3 cm³/mol. The number of aromatic nitrogens is 2. The van der Waals surface area contributed by atoms with Crippen molar-refractivity contribution in [3.8, 4) is 5.75 Å². The summed E-state index contributed by atoms with van der Waals surface area (Å²) >= 11 is 0. The van der Waals surface area contributed by atoms with Gasteiger partial charge in [-0.05, 0) is 43.0 Å². The van der Waals surface area contributed by atoms with Gasteiger partial charge in [0.2, 0.25) is 0 Å². The minimum Gasteiger partial charge on any atom is -0.406 e. The number of halogens is 3. The normalized spacial score (nSPS) is 15.3. The van der Waals surface area contributed by atoms with Gasteiger partial charge in [0.15, 0.2) is 0 Å². The summed E-state index contributed by atoms with van der Waals surface area (Å²) in [6, 6.07) is 6.67. The fourth-order valence-corrected chi connectivity index (χ4v) is 2.88. The first kappa shape index (κ1) is 18.3. The van der Waals surface area contributed by atoms with Crippen molar-refractivity contribution in [1.82, 2.24) is 9.97 Å². The van der Waals surface area contributed by atoms with Gasteiger partial charge in [-0.2, -0.15) is 0 Å². The zero-order chi connectivity index (χ0) is 18.7. The zero-order valence-electron chi connectivity index (χ0n) is 14.7. The molecule has 1 atom stereocenters. The molecule has 140 valence electrons. The van der Waals surface area contributed by atoms with Gasteiger partial charge in [-0.15, -0.1) is 13.2 Å². The molecule has 5 nitrogen and oxygen atoms in total. The number of hydrogen-bond donors (Lipinski definition) is 1. The third-order valence-electron chi connectivity index (χ3n) is 4.41. The second kappa shape index (κ2) is 7.39. The van der Waals surface area contributed by atoms with Crippen LogP contribution in [0.4, 0.5) is 24.8 Å². The lowest BCUT2D eigenvalue weighted by Crippen LogP contribution is -2.31. The number of benzene rings is 1. The fraction of sp³-hybridized carbons (Fsp3) is 0.444. The number of nitrogens with one attached hydrogen (secondary N) is 1. The topological polar surface area (TPSA) is 50.3 Å². The summed E-state index contributed by atoms with van der Waals surface area (Å²) in [6.45, 7) is 5.37. The van der Waals surface area contributed by atoms with Crippen LogP contribution in [0.3, 0.4) is 0 Å². The number of rotatable bonds is 5. The molecule has 0 radical (unpaired) electrons. The van der Waals surface area contributed by atoms with Gasteiger partial charge < -0.3 is 15.0 Å². The lowest BCUT2D eigenvalue weighted by Gasteiger charge is -2.30. The van der Waals surface area contributed by atoms with Crippen LogP contribution in [0.1, 0.15) is 31.4 Å². The van der Waals surface area contributed by atoms with Gasteiger partial charge in [0.25, 0.3) is 0 Å². The summed E-state index contributed by atoms with van der Waals surface area (Å²) in [6.07, 6.45) is -1.48. The Hall–Kier alpha value is -2.51. The maximum Gasteiger partial charge on any atom is 0.573 e. The first-order valence-corrected chi connectivity index (χ1v) is 8.55. The lowest BCUT2D eigenvalue weighted by atomic mass is 9.99. The van der Waals surface area contributed by atoms with E-state index in [1.807, 2.05) is 11.0 Å². The Morgan fingerprint density at radius 1 is 1.23 bits per heavy atom. The number of alkyl halides is 3. The van der Waals surface area contributed by atoms with Gasteiger partial charge in [0.05, 0.1) is 0 Å². The Balaban J connectivity index is 1.77. The Labute approximate surface area is 150 Å². The average Bonchev–Trinajstić information content (AvgIpc) is 2.60. The maximum atomic E-state index is 12.4. The summed E-state index contributed by atoms with van der Waals surface area (Å²) in [5, 5.41) is 3.30. The molecule has 1 N–H and O–H groups in total. The number of nitrogens with zero attached hydrogens (tertiary/aromatic N) is 3. The van der Waals surface area contributed by atoms with Crippen molar-refractivity contribution < 1.29 is 17.9 Å². The molecule has 1 aliphatic heterocycles. The summed E-state index contributed by atoms with van der Waals surface area (Å²) in [5.74, 6) is 1.29. The highest BCUT2D eigenvalue weighted by molar-refractivity contribution is 5.51. The van der Waals surface area contributed by atoms with Crippen LogP contribution in [0, 0.1) is 0 Å². The molecule has 1 aromatic carbocycles. The molecule has 0 fully saturated rings. The molecule has 1 aromatic heterocycles. The number of ether oxygens (including phenoxy) is 1. The highest BCUT2D eigenvalue weighted by Gasteiger charge is 2.31. The first-order chi connectivity index (χ1) is 12.3. The molecule has 0 amide bonds. The van der Waals surface area contributed by atoms with Crippen LogP contribution in [-0.4, -0.2) is 28.9 Å². The van der Waals surface area contributed by atoms with E-state index in [-0.39, 0.29) is 5.75 Å². The van der Waals surface area contributed by atoms with Gasteiger partial charge in [-0.1, -0.05) is 13.0 Å². The van der Waals surface area contributed by atoms with Gasteiger partial charge in [-0.3, -0.25) is 0 Å². The Morgan fingerprint density at radius 2 is 2.04 bits per heavy atom. The smallest absolute Gasteiger partial charge is 0.406 e. The minimum absolute atomic E-state index is 0.195. The summed E-state index contributed by atoms with van der Waals surface area (Å²) in [7, 11) is 0. The van der Waals surface area contributed by atoms with Crippen molar-refractivity contribution in [2.75, 3.05) is 16.8 Å². The van der Waals surface area contributed by atoms with Crippen molar-refractivity contribution in [2.24, 2.45) is 0 Å². The van der Waals surface area contributed by atoms with E-state index < -0.39 is 6.36 Å². The van der Waals surface area contributed by atoms with Crippen molar-refractivity contribution in [3.63, 3.8) is 0 Å². The Kier molecular flexibility index (Phi) is 5.20. The molecule has 1 aliphatic rings. The summed E-state index contributed by atoms with van der Waals surface area (Å²) in [4.78, 5) is 10.6. The van der Waals surface area contributed by atoms with Gasteiger partial charge >= 0.3 is 6.36 Å². The van der Waals surface area contributed by atoms with E-state index in [2.05, 4.69) is 33.9 Å². The van der Waals surface area contributed by atoms with E-state index in [1.54, 1.807) is 6.07 Å². The van der Waals surface area contributed by atoms with Crippen LogP contribution >= 0.6 is 0 Å². The lowest BCUT2D eigenvalue weighted by molar-refractivity contribution is -0.274. The molecule has 0 saturated heterocycles. The second-order valence-electron chi connectivity index (χ2n) is 6.36. The molecule has 0 spiro atoms. The molecule has 8 heteroatoms. The van der Waals surface area contributed by atoms with Crippen LogP contribution in [0.2, 0.25) is 0 Å². The molecule has 0 bridgehead atoms. The highest BCUT2D eigenvalue weighted by atomic mass is 19.4. The summed E-state index contributed by atoms with van der Waals surface area (Å²) in [5.41, 5.74) is 1.84. The zero-order valence-corrected chi connectivity index (χ0v) is 14.7. The minimum atomic E-state index is -4.69. The fourth-order valence-electron chi connectivity index (χ4n) is 2.88. The molecule has 3 rings (SSSR count). The third kappa shape index (κ3) is 4.56. The molecule has 0 saturated carbocycles. The second-order valence-corrected chi connectivity index (χ2v) is 6.36. The van der Waals surface area contributed by atoms with Crippen molar-refractivity contribution >= 4 is 11.6 Å². The van der Waals surface area contributed by atoms with Gasteiger partial charge in [-0.25, -0.2) is 9.97 Å². The van der Waals surface area contributed by atoms with E-state index in [1.165, 1.54) is 18.5 Å². The van der Waals surface area contributed by atoms with E-state index in [9.17, 15) is 13.2 Å². The Morgan fingerprint density at radius 3 is 2.77 bits per heavy atom. The van der Waals surface area contributed by atoms with Gasteiger partial charge in [0.1, 0.15) is 23.7 Å². The van der Waals surface area contributed by atoms with E-state index in [0.717, 1.165) is 42.1 Å². The molecule has 0 aliphatic carbocycles. The van der Waals surface area contributed by atoms with Crippen molar-refractivity contribution in [3.05, 3.63) is 41.7 Å². The molecule has 2 aromatic rings. The molecule has 26 heavy (non-hydrogen) atoms. The van der Waals surface area contributed by atoms with Crippen LogP contribution in [-0.2, 0) is 13.0 Å². The van der Waals surface area contributed by atoms with E-state index >= 15 is 0 Å². The van der Waals surface area contributed by atoms with Crippen LogP contribution in [0.15, 0.2) is 30.6 Å². The van der Waals surface area contributed by atoms with Crippen molar-refractivity contribution in [1.29, 1.82) is 0 Å². The van der Waals surface area contributed by atoms with Crippen LogP contribution in [0.25, 0.3) is 0 Å². The number of hydrogen-bond acceptors (Lipinski definition) is 5. The summed E-state index contributed by atoms with van der Waals surface area (Å²) < 4.78 is 41.3. The van der Waals surface area contributed by atoms with E-state index in [0.29, 0.717) is 12.6 Å². The molecular formula is C18H21F3N4O. The average molecular weight is 366 g/mol. The van der Waals surface area contributed by atoms with Crippen LogP contribution < -0.4 is 15.0 Å². The monoisotopic (exact) mass is 366 g/mol. The Bertz CT molecular complexity index is 766. The first-order valence-electron chi connectivity index (χ1n) is 8.55. The van der Waals surface area contributed by atoms with Crippen molar-refractivity contribution in [2.45, 2.75) is 45.6 Å². The highest BCUT2D eigenvalue weighted by Crippen LogP contribution is 2.29. The quantitative estimate of drug-likeness (QED) is 0.862. The largest absolute Gasteiger partial charge is 0.573 e. The van der Waals surface area contributed by atoms with Gasteiger partial charge in [0, 0.05) is 25.2 Å². The molecular weight excluding hydrogens is 345 g/mol. The van der Waals surface area contributed by atoms with E-state index in [4.69, 9.17) is 0 Å². The third-order valence-corrected chi connectivity index (χ3v) is 4.41. The SMILES string of the molecule is CC[C@@H](C)Nc1cc(N2CCc3ccc(OC(F)(F)F)cc3C2)ncn1. The maximum absolute atomic E-state index is 12.4. The number of fused-ring (bicyclic) bond motifs is 1. The molecule has 2 heterocycles. The standard InChI is InChI=1S/C18H21F3N4O/c1-3-12(2)24-16-9-17(23-11-22-16)25-7-6-13-4-5-15(8-14(13)10-25)26-18(19,20)21/h4-5,8-9,11-12H,3,6-7,10H2,1-2H3,(H,22,23,24)/t12-/m1/s1.